The first-order valence-corrected chi connectivity index (χ1v) is 12.4. The Labute approximate surface area is 211 Å². The number of hydrogen-bond donors (Lipinski definition) is 0. The summed E-state index contributed by atoms with van der Waals surface area (Å²) in [6.45, 7) is 0. The van der Waals surface area contributed by atoms with Crippen LogP contribution in [0.15, 0.2) is 126 Å². The SMILES string of the molecule is Brc1cccc2c1n1c3ccccc3nc1n2-c1cc(-c2ccccc2)cc(-c2ccccc2)c1. The summed E-state index contributed by atoms with van der Waals surface area (Å²) in [6, 6.07) is 42.6. The van der Waals surface area contributed by atoms with E-state index in [0.29, 0.717) is 0 Å². The van der Waals surface area contributed by atoms with Crippen LogP contribution in [0.1, 0.15) is 0 Å². The lowest BCUT2D eigenvalue weighted by molar-refractivity contribution is 1.11. The first-order valence-electron chi connectivity index (χ1n) is 11.6. The van der Waals surface area contributed by atoms with E-state index >= 15 is 0 Å². The Balaban J connectivity index is 1.61. The second-order valence-electron chi connectivity index (χ2n) is 8.68. The zero-order valence-corrected chi connectivity index (χ0v) is 20.4. The van der Waals surface area contributed by atoms with Crippen molar-refractivity contribution in [3.63, 3.8) is 0 Å². The van der Waals surface area contributed by atoms with Crippen LogP contribution in [0.3, 0.4) is 0 Å². The Morgan fingerprint density at radius 3 is 1.83 bits per heavy atom. The van der Waals surface area contributed by atoms with Gasteiger partial charge >= 0.3 is 0 Å². The molecule has 0 saturated heterocycles. The largest absolute Gasteiger partial charge is 0.278 e. The second kappa shape index (κ2) is 7.97. The molecule has 0 fully saturated rings. The van der Waals surface area contributed by atoms with Gasteiger partial charge in [0, 0.05) is 4.47 Å². The highest BCUT2D eigenvalue weighted by molar-refractivity contribution is 9.10. The van der Waals surface area contributed by atoms with Crippen molar-refractivity contribution in [2.45, 2.75) is 0 Å². The van der Waals surface area contributed by atoms with Crippen molar-refractivity contribution in [2.24, 2.45) is 0 Å². The van der Waals surface area contributed by atoms with Crippen molar-refractivity contribution in [3.05, 3.63) is 126 Å². The topological polar surface area (TPSA) is 22.2 Å². The number of nitrogens with zero attached hydrogens (tertiary/aromatic N) is 3. The van der Waals surface area contributed by atoms with E-state index in [-0.39, 0.29) is 0 Å². The number of aromatic nitrogens is 3. The van der Waals surface area contributed by atoms with Crippen molar-refractivity contribution < 1.29 is 0 Å². The number of rotatable bonds is 3. The number of fused-ring (bicyclic) bond motifs is 5. The molecule has 35 heavy (non-hydrogen) atoms. The molecule has 0 aliphatic heterocycles. The molecule has 4 heteroatoms. The molecule has 0 saturated carbocycles. The molecule has 0 radical (unpaired) electrons. The molecule has 2 heterocycles. The van der Waals surface area contributed by atoms with E-state index in [1.54, 1.807) is 0 Å². The molecule has 0 unspecified atom stereocenters. The molecule has 0 amide bonds. The van der Waals surface area contributed by atoms with Crippen LogP contribution in [-0.4, -0.2) is 14.0 Å². The summed E-state index contributed by atoms with van der Waals surface area (Å²) >= 11 is 3.81. The lowest BCUT2D eigenvalue weighted by Gasteiger charge is -2.13. The summed E-state index contributed by atoms with van der Waals surface area (Å²) in [5.41, 5.74) is 10.1. The summed E-state index contributed by atoms with van der Waals surface area (Å²) < 4.78 is 5.58. The van der Waals surface area contributed by atoms with Crippen LogP contribution in [0, 0.1) is 0 Å². The molecule has 2 aromatic heterocycles. The summed E-state index contributed by atoms with van der Waals surface area (Å²) in [7, 11) is 0. The zero-order valence-electron chi connectivity index (χ0n) is 18.8. The monoisotopic (exact) mass is 513 g/mol. The molecule has 0 atom stereocenters. The highest BCUT2D eigenvalue weighted by Crippen LogP contribution is 2.36. The molecular formula is C31H20BrN3. The quantitative estimate of drug-likeness (QED) is 0.232. The minimum absolute atomic E-state index is 0.900. The zero-order chi connectivity index (χ0) is 23.4. The molecule has 3 nitrogen and oxygen atoms in total. The highest BCUT2D eigenvalue weighted by Gasteiger charge is 2.19. The maximum Gasteiger partial charge on any atom is 0.220 e. The number of benzene rings is 5. The second-order valence-corrected chi connectivity index (χ2v) is 9.53. The Kier molecular flexibility index (Phi) is 4.61. The van der Waals surface area contributed by atoms with Crippen LogP contribution in [0.25, 0.3) is 55.8 Å². The van der Waals surface area contributed by atoms with Gasteiger partial charge in [-0.25, -0.2) is 4.98 Å². The maximum absolute atomic E-state index is 5.08. The standard InChI is InChI=1S/C31H20BrN3/c32-26-14-9-17-29-30(26)35-28-16-8-7-15-27(28)33-31(35)34(29)25-19-23(21-10-3-1-4-11-21)18-24(20-25)22-12-5-2-6-13-22/h1-20H. The molecule has 0 aliphatic rings. The Bertz CT molecular complexity index is 1790. The number of imidazole rings is 2. The lowest BCUT2D eigenvalue weighted by atomic mass is 9.98. The highest BCUT2D eigenvalue weighted by atomic mass is 79.9. The van der Waals surface area contributed by atoms with Crippen LogP contribution in [0.4, 0.5) is 0 Å². The fourth-order valence-corrected chi connectivity index (χ4v) is 5.52. The molecule has 0 spiro atoms. The Hall–Kier alpha value is -4.15. The number of halogens is 1. The summed E-state index contributed by atoms with van der Waals surface area (Å²) in [4.78, 5) is 5.08. The van der Waals surface area contributed by atoms with E-state index in [0.717, 1.165) is 38.0 Å². The average Bonchev–Trinajstić information content (AvgIpc) is 3.44. The van der Waals surface area contributed by atoms with Crippen LogP contribution < -0.4 is 0 Å². The fourth-order valence-electron chi connectivity index (χ4n) is 4.99. The molecule has 0 aliphatic carbocycles. The van der Waals surface area contributed by atoms with Crippen LogP contribution in [-0.2, 0) is 0 Å². The Morgan fingerprint density at radius 1 is 0.543 bits per heavy atom. The van der Waals surface area contributed by atoms with Crippen molar-refractivity contribution in [2.75, 3.05) is 0 Å². The molecular weight excluding hydrogens is 494 g/mol. The van der Waals surface area contributed by atoms with E-state index < -0.39 is 0 Å². The van der Waals surface area contributed by atoms with Gasteiger partial charge in [0.25, 0.3) is 0 Å². The summed E-state index contributed by atoms with van der Waals surface area (Å²) in [6.07, 6.45) is 0. The Morgan fingerprint density at radius 2 is 1.14 bits per heavy atom. The minimum Gasteiger partial charge on any atom is -0.278 e. The van der Waals surface area contributed by atoms with Gasteiger partial charge in [0.2, 0.25) is 5.78 Å². The van der Waals surface area contributed by atoms with Crippen LogP contribution >= 0.6 is 15.9 Å². The molecule has 7 rings (SSSR count). The van der Waals surface area contributed by atoms with Crippen molar-refractivity contribution >= 4 is 43.8 Å². The molecule has 0 bridgehead atoms. The van der Waals surface area contributed by atoms with Gasteiger partial charge in [0.1, 0.15) is 0 Å². The number of para-hydroxylation sites is 3. The maximum atomic E-state index is 5.08. The van der Waals surface area contributed by atoms with E-state index in [2.05, 4.69) is 140 Å². The molecule has 166 valence electrons. The predicted molar refractivity (Wildman–Crippen MR) is 148 cm³/mol. The van der Waals surface area contributed by atoms with Gasteiger partial charge in [0.05, 0.1) is 27.8 Å². The van der Waals surface area contributed by atoms with E-state index in [1.165, 1.54) is 22.3 Å². The first-order chi connectivity index (χ1) is 17.3. The average molecular weight is 514 g/mol. The first kappa shape index (κ1) is 20.2. The van der Waals surface area contributed by atoms with Crippen molar-refractivity contribution in [1.82, 2.24) is 14.0 Å². The van der Waals surface area contributed by atoms with Gasteiger partial charge in [0.15, 0.2) is 0 Å². The van der Waals surface area contributed by atoms with Gasteiger partial charge in [-0.1, -0.05) is 78.9 Å². The van der Waals surface area contributed by atoms with Gasteiger partial charge < -0.3 is 0 Å². The van der Waals surface area contributed by atoms with Gasteiger partial charge in [-0.05, 0) is 80.6 Å². The smallest absolute Gasteiger partial charge is 0.220 e. The van der Waals surface area contributed by atoms with E-state index in [4.69, 9.17) is 4.98 Å². The molecule has 7 aromatic rings. The third kappa shape index (κ3) is 3.22. The third-order valence-electron chi connectivity index (χ3n) is 6.56. The van der Waals surface area contributed by atoms with Crippen molar-refractivity contribution in [1.29, 1.82) is 0 Å². The van der Waals surface area contributed by atoms with E-state index in [1.807, 2.05) is 6.07 Å². The van der Waals surface area contributed by atoms with Crippen molar-refractivity contribution in [3.8, 4) is 27.9 Å². The minimum atomic E-state index is 0.900. The summed E-state index contributed by atoms with van der Waals surface area (Å²) in [5, 5.41) is 0. The normalized spacial score (nSPS) is 11.6. The van der Waals surface area contributed by atoms with Crippen LogP contribution in [0.5, 0.6) is 0 Å². The fraction of sp³-hybridized carbons (Fsp3) is 0. The van der Waals surface area contributed by atoms with Gasteiger partial charge in [-0.2, -0.15) is 0 Å². The summed E-state index contributed by atoms with van der Waals surface area (Å²) in [5.74, 6) is 0.900. The number of hydrogen-bond acceptors (Lipinski definition) is 1. The van der Waals surface area contributed by atoms with Crippen LogP contribution in [0.2, 0.25) is 0 Å². The molecule has 5 aromatic carbocycles. The third-order valence-corrected chi connectivity index (χ3v) is 7.20. The van der Waals surface area contributed by atoms with E-state index in [9.17, 15) is 0 Å². The van der Waals surface area contributed by atoms with Gasteiger partial charge in [-0.15, -0.1) is 0 Å². The van der Waals surface area contributed by atoms with Gasteiger partial charge in [-0.3, -0.25) is 8.97 Å². The lowest BCUT2D eigenvalue weighted by Crippen LogP contribution is -1.97. The molecule has 0 N–H and O–H groups in total. The predicted octanol–water partition coefficient (Wildman–Crippen LogP) is 8.53.